The number of anilines is 1. The molecular weight excluding hydrogens is 262 g/mol. The third kappa shape index (κ3) is 4.55. The summed E-state index contributed by atoms with van der Waals surface area (Å²) in [7, 11) is 4.24. The van der Waals surface area contributed by atoms with Crippen LogP contribution in [0.15, 0.2) is 24.3 Å². The first-order valence-electron chi connectivity index (χ1n) is 7.85. The zero-order valence-electron chi connectivity index (χ0n) is 13.5. The largest absolute Gasteiger partial charge is 0.369 e. The van der Waals surface area contributed by atoms with Gasteiger partial charge < -0.3 is 9.80 Å². The van der Waals surface area contributed by atoms with Gasteiger partial charge in [0.25, 0.3) is 0 Å². The summed E-state index contributed by atoms with van der Waals surface area (Å²) in [6.45, 7) is 8.53. The number of likely N-dealkylation sites (N-methyl/N-ethyl adjacent to an activating group) is 1. The average Bonchev–Trinajstić information content (AvgIpc) is 2.53. The second kappa shape index (κ2) is 7.57. The highest BCUT2D eigenvalue weighted by atomic mass is 16.1. The first-order chi connectivity index (χ1) is 10.1. The lowest BCUT2D eigenvalue weighted by Crippen LogP contribution is -2.48. The van der Waals surface area contributed by atoms with Crippen LogP contribution < -0.4 is 4.90 Å². The molecule has 1 aliphatic rings. The molecule has 0 N–H and O–H groups in total. The van der Waals surface area contributed by atoms with Crippen molar-refractivity contribution in [3.8, 4) is 0 Å². The summed E-state index contributed by atoms with van der Waals surface area (Å²) in [6, 6.07) is 8.08. The number of hydrogen-bond donors (Lipinski definition) is 0. The lowest BCUT2D eigenvalue weighted by molar-refractivity contribution is 0.0988. The van der Waals surface area contributed by atoms with Crippen molar-refractivity contribution in [2.75, 3.05) is 58.3 Å². The Morgan fingerprint density at radius 1 is 1.10 bits per heavy atom. The topological polar surface area (TPSA) is 26.8 Å². The summed E-state index contributed by atoms with van der Waals surface area (Å²) in [6.07, 6.45) is 0.573. The van der Waals surface area contributed by atoms with E-state index in [1.807, 2.05) is 19.1 Å². The number of Topliss-reactive ketones (excluding diaryl/α,β-unsaturated/α-hetero) is 1. The zero-order valence-corrected chi connectivity index (χ0v) is 13.5. The quantitative estimate of drug-likeness (QED) is 0.748. The van der Waals surface area contributed by atoms with E-state index in [0.717, 1.165) is 44.8 Å². The molecule has 0 spiro atoms. The summed E-state index contributed by atoms with van der Waals surface area (Å²) in [4.78, 5) is 18.8. The predicted octanol–water partition coefficient (Wildman–Crippen LogP) is 1.96. The van der Waals surface area contributed by atoms with E-state index in [-0.39, 0.29) is 5.78 Å². The van der Waals surface area contributed by atoms with Crippen LogP contribution in [-0.4, -0.2) is 68.9 Å². The van der Waals surface area contributed by atoms with Gasteiger partial charge in [0.05, 0.1) is 0 Å². The highest BCUT2D eigenvalue weighted by Gasteiger charge is 2.17. The molecule has 116 valence electrons. The summed E-state index contributed by atoms with van der Waals surface area (Å²) in [5.41, 5.74) is 2.06. The number of rotatable bonds is 6. The molecule has 0 bridgehead atoms. The minimum absolute atomic E-state index is 0.218. The van der Waals surface area contributed by atoms with Gasteiger partial charge in [-0.1, -0.05) is 6.92 Å². The first-order valence-corrected chi connectivity index (χ1v) is 7.85. The van der Waals surface area contributed by atoms with Crippen LogP contribution in [0, 0.1) is 0 Å². The van der Waals surface area contributed by atoms with E-state index in [0.29, 0.717) is 6.42 Å². The molecule has 2 rings (SSSR count). The van der Waals surface area contributed by atoms with Crippen LogP contribution in [-0.2, 0) is 0 Å². The molecule has 1 aliphatic heterocycles. The molecule has 1 heterocycles. The highest BCUT2D eigenvalue weighted by molar-refractivity contribution is 5.96. The molecule has 0 atom stereocenters. The normalized spacial score (nSPS) is 16.5. The lowest BCUT2D eigenvalue weighted by Gasteiger charge is -2.36. The van der Waals surface area contributed by atoms with Crippen LogP contribution in [0.5, 0.6) is 0 Å². The predicted molar refractivity (Wildman–Crippen MR) is 88.3 cm³/mol. The van der Waals surface area contributed by atoms with Crippen molar-refractivity contribution in [2.45, 2.75) is 13.3 Å². The summed E-state index contributed by atoms with van der Waals surface area (Å²) < 4.78 is 0. The monoisotopic (exact) mass is 289 g/mol. The van der Waals surface area contributed by atoms with Gasteiger partial charge >= 0.3 is 0 Å². The van der Waals surface area contributed by atoms with E-state index >= 15 is 0 Å². The molecule has 1 aromatic rings. The Hall–Kier alpha value is -1.39. The molecule has 0 aromatic heterocycles. The number of benzene rings is 1. The number of ketones is 1. The number of carbonyl (C=O) groups excluding carboxylic acids is 1. The lowest BCUT2D eigenvalue weighted by atomic mass is 10.1. The van der Waals surface area contributed by atoms with Crippen LogP contribution in [0.25, 0.3) is 0 Å². The van der Waals surface area contributed by atoms with Gasteiger partial charge in [-0.3, -0.25) is 9.69 Å². The van der Waals surface area contributed by atoms with Crippen LogP contribution in [0.3, 0.4) is 0 Å². The third-order valence-electron chi connectivity index (χ3n) is 4.11. The Labute approximate surface area is 128 Å². The smallest absolute Gasteiger partial charge is 0.162 e. The molecule has 0 saturated carbocycles. The van der Waals surface area contributed by atoms with Crippen molar-refractivity contribution in [1.82, 2.24) is 9.80 Å². The van der Waals surface area contributed by atoms with E-state index in [9.17, 15) is 4.79 Å². The molecule has 0 amide bonds. The fraction of sp³-hybridized carbons (Fsp3) is 0.588. The highest BCUT2D eigenvalue weighted by Crippen LogP contribution is 2.18. The van der Waals surface area contributed by atoms with Crippen molar-refractivity contribution in [3.05, 3.63) is 29.8 Å². The van der Waals surface area contributed by atoms with Crippen molar-refractivity contribution < 1.29 is 4.79 Å². The Morgan fingerprint density at radius 2 is 1.71 bits per heavy atom. The minimum Gasteiger partial charge on any atom is -0.369 e. The van der Waals surface area contributed by atoms with Crippen LogP contribution in [0.1, 0.15) is 23.7 Å². The van der Waals surface area contributed by atoms with E-state index < -0.39 is 0 Å². The van der Waals surface area contributed by atoms with Gasteiger partial charge in [-0.2, -0.15) is 0 Å². The zero-order chi connectivity index (χ0) is 15.2. The fourth-order valence-corrected chi connectivity index (χ4v) is 2.63. The maximum absolute atomic E-state index is 11.6. The molecule has 1 saturated heterocycles. The summed E-state index contributed by atoms with van der Waals surface area (Å²) in [5.74, 6) is 0.218. The second-order valence-corrected chi connectivity index (χ2v) is 5.96. The Balaban J connectivity index is 1.86. The van der Waals surface area contributed by atoms with Gasteiger partial charge in [0.1, 0.15) is 0 Å². The van der Waals surface area contributed by atoms with E-state index in [1.54, 1.807) is 0 Å². The van der Waals surface area contributed by atoms with E-state index in [2.05, 4.69) is 40.9 Å². The number of piperazine rings is 1. The van der Waals surface area contributed by atoms with Gasteiger partial charge in [-0.25, -0.2) is 0 Å². The summed E-state index contributed by atoms with van der Waals surface area (Å²) in [5, 5.41) is 0. The molecule has 0 unspecified atom stereocenters. The maximum Gasteiger partial charge on any atom is 0.162 e. The average molecular weight is 289 g/mol. The van der Waals surface area contributed by atoms with Crippen LogP contribution in [0.2, 0.25) is 0 Å². The molecule has 0 radical (unpaired) electrons. The summed E-state index contributed by atoms with van der Waals surface area (Å²) >= 11 is 0. The van der Waals surface area contributed by atoms with Crippen LogP contribution >= 0.6 is 0 Å². The Kier molecular flexibility index (Phi) is 5.76. The van der Waals surface area contributed by atoms with Crippen molar-refractivity contribution in [3.63, 3.8) is 0 Å². The van der Waals surface area contributed by atoms with E-state index in [4.69, 9.17) is 0 Å². The molecule has 1 aromatic carbocycles. The first kappa shape index (κ1) is 16.0. The molecule has 0 aliphatic carbocycles. The van der Waals surface area contributed by atoms with Crippen molar-refractivity contribution >= 4 is 11.5 Å². The molecule has 21 heavy (non-hydrogen) atoms. The maximum atomic E-state index is 11.6. The second-order valence-electron chi connectivity index (χ2n) is 5.96. The third-order valence-corrected chi connectivity index (χ3v) is 4.11. The van der Waals surface area contributed by atoms with Gasteiger partial charge in [0.2, 0.25) is 0 Å². The van der Waals surface area contributed by atoms with Gasteiger partial charge in [-0.05, 0) is 38.4 Å². The fourth-order valence-electron chi connectivity index (χ4n) is 2.63. The number of hydrogen-bond acceptors (Lipinski definition) is 4. The Bertz CT molecular complexity index is 448. The van der Waals surface area contributed by atoms with Crippen LogP contribution in [0.4, 0.5) is 5.69 Å². The van der Waals surface area contributed by atoms with E-state index in [1.165, 1.54) is 5.69 Å². The SMILES string of the molecule is CCC(=O)c1ccc(N2CCN(CCN(C)C)CC2)cc1. The van der Waals surface area contributed by atoms with Gasteiger partial charge in [0, 0.05) is 56.9 Å². The standard InChI is InChI=1S/C17H27N3O/c1-4-17(21)15-5-7-16(8-6-15)20-13-11-19(12-14-20)10-9-18(2)3/h5-8H,4,9-14H2,1-3H3. The molecule has 1 fully saturated rings. The van der Waals surface area contributed by atoms with Crippen molar-refractivity contribution in [1.29, 1.82) is 0 Å². The Morgan fingerprint density at radius 3 is 2.24 bits per heavy atom. The molecule has 4 heteroatoms. The molecule has 4 nitrogen and oxygen atoms in total. The van der Waals surface area contributed by atoms with Gasteiger partial charge in [0.15, 0.2) is 5.78 Å². The molecular formula is C17H27N3O. The van der Waals surface area contributed by atoms with Gasteiger partial charge in [-0.15, -0.1) is 0 Å². The number of nitrogens with zero attached hydrogens (tertiary/aromatic N) is 3. The van der Waals surface area contributed by atoms with Crippen molar-refractivity contribution in [2.24, 2.45) is 0 Å². The number of carbonyl (C=O) groups is 1. The minimum atomic E-state index is 0.218.